The molecule has 0 saturated carbocycles. The molecule has 372 valence electrons. The Morgan fingerprint density at radius 2 is 0.882 bits per heavy atom. The molecule has 0 bridgehead atoms. The third-order valence-corrected chi connectivity index (χ3v) is 11.9. The molecule has 4 N–H and O–H groups in total. The number of carboxylic acids is 2. The zero-order valence-electron chi connectivity index (χ0n) is 42.5. The average Bonchev–Trinajstić information content (AvgIpc) is 3.29. The summed E-state index contributed by atoms with van der Waals surface area (Å²) in [5.74, 6) is -0.190. The number of rotatable bonds is 22. The van der Waals surface area contributed by atoms with Crippen LogP contribution in [0.4, 0.5) is 0 Å². The van der Waals surface area contributed by atoms with Crippen molar-refractivity contribution >= 4 is 23.9 Å². The summed E-state index contributed by atoms with van der Waals surface area (Å²) in [4.78, 5) is 46.3. The van der Waals surface area contributed by atoms with Crippen molar-refractivity contribution in [1.82, 2.24) is 4.90 Å². The molecule has 11 heteroatoms. The van der Waals surface area contributed by atoms with Gasteiger partial charge in [-0.2, -0.15) is 0 Å². The lowest BCUT2D eigenvalue weighted by Crippen LogP contribution is -2.38. The minimum atomic E-state index is -1.26. The van der Waals surface area contributed by atoms with Crippen LogP contribution in [0.15, 0.2) is 109 Å². The molecule has 11 nitrogen and oxygen atoms in total. The molecule has 2 atom stereocenters. The van der Waals surface area contributed by atoms with Crippen LogP contribution in [-0.4, -0.2) is 67.8 Å². The number of hydrogen-bond acceptors (Lipinski definition) is 9. The van der Waals surface area contributed by atoms with Gasteiger partial charge >= 0.3 is 23.9 Å². The molecule has 0 fully saturated rings. The second-order valence-corrected chi connectivity index (χ2v) is 19.1. The first-order valence-electron chi connectivity index (χ1n) is 24.0. The van der Waals surface area contributed by atoms with Crippen molar-refractivity contribution in [3.63, 3.8) is 0 Å². The minimum Gasteiger partial charge on any atom is -0.478 e. The number of ether oxygens (including phenoxy) is 2. The molecular formula is C57H79NO10. The van der Waals surface area contributed by atoms with E-state index in [2.05, 4.69) is 96.7 Å². The molecule has 0 aliphatic heterocycles. The first kappa shape index (κ1) is 58.5. The van der Waals surface area contributed by atoms with E-state index in [1.165, 1.54) is 11.1 Å². The number of aliphatic hydroxyl groups excluding tert-OH is 2. The highest BCUT2D eigenvalue weighted by Gasteiger charge is 2.26. The highest BCUT2D eigenvalue weighted by Crippen LogP contribution is 2.40. The smallest absolute Gasteiger partial charge is 0.328 e. The predicted octanol–water partition coefficient (Wildman–Crippen LogP) is 11.7. The maximum Gasteiger partial charge on any atom is 0.328 e. The number of nitrogens with zero attached hydrogens (tertiary/aromatic N) is 1. The quantitative estimate of drug-likeness (QED) is 0.0336. The maximum atomic E-state index is 12.4. The highest BCUT2D eigenvalue weighted by atomic mass is 16.5. The fraction of sp³-hybridized carbons (Fsp3) is 0.474. The average molecular weight is 938 g/mol. The Morgan fingerprint density at radius 3 is 1.19 bits per heavy atom. The van der Waals surface area contributed by atoms with Gasteiger partial charge in [-0.3, -0.25) is 14.5 Å². The van der Waals surface area contributed by atoms with Gasteiger partial charge in [0.15, 0.2) is 0 Å². The number of carboxylic acid groups (broad SMARTS) is 2. The van der Waals surface area contributed by atoms with Gasteiger partial charge in [-0.05, 0) is 118 Å². The summed E-state index contributed by atoms with van der Waals surface area (Å²) in [6.45, 7) is 26.3. The predicted molar refractivity (Wildman–Crippen MR) is 271 cm³/mol. The monoisotopic (exact) mass is 938 g/mol. The van der Waals surface area contributed by atoms with Crippen LogP contribution in [0, 0.1) is 29.6 Å². The van der Waals surface area contributed by atoms with E-state index in [-0.39, 0.29) is 48.8 Å². The van der Waals surface area contributed by atoms with Crippen LogP contribution in [0.2, 0.25) is 0 Å². The van der Waals surface area contributed by atoms with Crippen LogP contribution in [0.5, 0.6) is 11.5 Å². The molecule has 0 radical (unpaired) electrons. The molecule has 4 aromatic rings. The van der Waals surface area contributed by atoms with E-state index in [0.29, 0.717) is 53.5 Å². The normalized spacial score (nSPS) is 12.4. The third-order valence-electron chi connectivity index (χ3n) is 11.9. The molecule has 0 aromatic heterocycles. The number of esters is 2. The fourth-order valence-corrected chi connectivity index (χ4v) is 8.28. The summed E-state index contributed by atoms with van der Waals surface area (Å²) in [7, 11) is 0. The topological polar surface area (TPSA) is 171 Å². The van der Waals surface area contributed by atoms with E-state index in [9.17, 15) is 29.4 Å². The van der Waals surface area contributed by atoms with Crippen molar-refractivity contribution < 1.29 is 49.1 Å². The maximum absolute atomic E-state index is 12.4. The first-order valence-corrected chi connectivity index (χ1v) is 24.0. The molecule has 0 amide bonds. The van der Waals surface area contributed by atoms with Crippen molar-refractivity contribution in [2.24, 2.45) is 29.6 Å². The zero-order valence-corrected chi connectivity index (χ0v) is 42.5. The molecule has 68 heavy (non-hydrogen) atoms. The van der Waals surface area contributed by atoms with Gasteiger partial charge in [0.1, 0.15) is 11.5 Å². The molecule has 0 saturated heterocycles. The molecule has 0 spiro atoms. The van der Waals surface area contributed by atoms with Crippen molar-refractivity contribution in [3.05, 3.63) is 143 Å². The van der Waals surface area contributed by atoms with Crippen LogP contribution in [0.25, 0.3) is 0 Å². The van der Waals surface area contributed by atoms with E-state index < -0.39 is 11.9 Å². The van der Waals surface area contributed by atoms with Crippen molar-refractivity contribution in [2.45, 2.75) is 139 Å². The molecular weight excluding hydrogens is 859 g/mol. The Bertz CT molecular complexity index is 1990. The number of benzene rings is 4. The number of carbonyl (C=O) groups is 4. The lowest BCUT2D eigenvalue weighted by atomic mass is 9.77. The Labute approximate surface area is 406 Å². The molecule has 0 aliphatic rings. The third kappa shape index (κ3) is 19.9. The van der Waals surface area contributed by atoms with Gasteiger partial charge in [0.2, 0.25) is 0 Å². The number of aliphatic carboxylic acids is 2. The Kier molecular flexibility index (Phi) is 25.8. The van der Waals surface area contributed by atoms with Gasteiger partial charge < -0.3 is 29.9 Å². The van der Waals surface area contributed by atoms with Crippen LogP contribution >= 0.6 is 0 Å². The Morgan fingerprint density at radius 1 is 0.515 bits per heavy atom. The van der Waals surface area contributed by atoms with Gasteiger partial charge in [0, 0.05) is 47.2 Å². The molecule has 4 aromatic carbocycles. The number of aliphatic hydroxyl groups is 2. The summed E-state index contributed by atoms with van der Waals surface area (Å²) in [6.07, 6.45) is 4.06. The molecule has 0 heterocycles. The van der Waals surface area contributed by atoms with Crippen molar-refractivity contribution in [2.75, 3.05) is 6.54 Å². The standard InChI is InChI=1S/C27H38O3.C26H37NO3.C4H4O4/c1-18(2)23(19(3)4)13-14-24(22-10-8-7-9-11-22)25-16-21(17-28)12-15-26(25)30-27(29)20(5)6;1-18(2)26(29)30-25-13-12-21(17-28)16-24(25)23(22-10-8-7-9-11-22)14-15-27(19(3)4)20(5)6;5-3(6)1-2-4(7)8/h7-12,15-16,18-20,23-24,28H,13-14,17H2,1-6H3;7-13,16,18-20,23,28H,14-15,17H2,1-6H3;1-2H,(H,5,6)(H,7,8)/b;;2-1+/t24-;23-;/m00./s1. The summed E-state index contributed by atoms with van der Waals surface area (Å²) in [5, 5.41) is 35.1. The van der Waals surface area contributed by atoms with Crippen molar-refractivity contribution in [3.8, 4) is 11.5 Å². The van der Waals surface area contributed by atoms with Gasteiger partial charge in [-0.15, -0.1) is 0 Å². The van der Waals surface area contributed by atoms with Gasteiger partial charge in [-0.25, -0.2) is 9.59 Å². The molecule has 0 unspecified atom stereocenters. The fourth-order valence-electron chi connectivity index (χ4n) is 8.28. The minimum absolute atomic E-state index is 0.0342. The second-order valence-electron chi connectivity index (χ2n) is 19.1. The Hall–Kier alpha value is -5.62. The van der Waals surface area contributed by atoms with E-state index in [4.69, 9.17) is 19.7 Å². The van der Waals surface area contributed by atoms with E-state index in [1.807, 2.05) is 88.4 Å². The SMILES string of the molecule is CC(C)C(=O)Oc1ccc(CO)cc1[C@@H](CCC(C(C)C)C(C)C)c1ccccc1.CC(C)C(=O)Oc1ccc(CO)cc1[C@@H](CCN(C(C)C)C(C)C)c1ccccc1.O=C(O)/C=C/C(=O)O. The largest absolute Gasteiger partial charge is 0.478 e. The van der Waals surface area contributed by atoms with Crippen LogP contribution in [0.3, 0.4) is 0 Å². The van der Waals surface area contributed by atoms with Crippen LogP contribution in [0.1, 0.15) is 148 Å². The summed E-state index contributed by atoms with van der Waals surface area (Å²) in [5.41, 5.74) is 5.98. The van der Waals surface area contributed by atoms with Gasteiger partial charge in [0.25, 0.3) is 0 Å². The number of carbonyl (C=O) groups excluding carboxylic acids is 2. The lowest BCUT2D eigenvalue weighted by Gasteiger charge is -2.32. The van der Waals surface area contributed by atoms with Crippen LogP contribution in [-0.2, 0) is 32.4 Å². The van der Waals surface area contributed by atoms with Crippen LogP contribution < -0.4 is 9.47 Å². The summed E-state index contributed by atoms with van der Waals surface area (Å²) >= 11 is 0. The van der Waals surface area contributed by atoms with Gasteiger partial charge in [-0.1, -0.05) is 128 Å². The molecule has 4 rings (SSSR count). The highest BCUT2D eigenvalue weighted by molar-refractivity contribution is 5.89. The molecule has 0 aliphatic carbocycles. The van der Waals surface area contributed by atoms with Gasteiger partial charge in [0.05, 0.1) is 25.0 Å². The van der Waals surface area contributed by atoms with Crippen molar-refractivity contribution in [1.29, 1.82) is 0 Å². The van der Waals surface area contributed by atoms with E-state index >= 15 is 0 Å². The summed E-state index contributed by atoms with van der Waals surface area (Å²) < 4.78 is 11.6. The zero-order chi connectivity index (χ0) is 51.1. The first-order chi connectivity index (χ1) is 32.1. The summed E-state index contributed by atoms with van der Waals surface area (Å²) in [6, 6.07) is 33.0. The van der Waals surface area contributed by atoms with E-state index in [1.54, 1.807) is 0 Å². The lowest BCUT2D eigenvalue weighted by molar-refractivity contribution is -0.138. The number of hydrogen-bond donors (Lipinski definition) is 4. The second kappa shape index (κ2) is 30.0. The van der Waals surface area contributed by atoms with E-state index in [0.717, 1.165) is 48.1 Å². The Balaban J connectivity index is 0.000000402.